The highest BCUT2D eigenvalue weighted by Gasteiger charge is 2.27. The van der Waals surface area contributed by atoms with Gasteiger partial charge in [0, 0.05) is 18.3 Å². The smallest absolute Gasteiger partial charge is 0.226 e. The van der Waals surface area contributed by atoms with E-state index in [1.165, 1.54) is 12.8 Å². The van der Waals surface area contributed by atoms with Crippen LogP contribution in [-0.4, -0.2) is 25.5 Å². The van der Waals surface area contributed by atoms with Gasteiger partial charge in [0.2, 0.25) is 5.91 Å². The van der Waals surface area contributed by atoms with Gasteiger partial charge in [-0.05, 0) is 31.4 Å². The zero-order valence-electron chi connectivity index (χ0n) is 12.8. The topological polar surface area (TPSA) is 72.2 Å². The highest BCUT2D eigenvalue weighted by Crippen LogP contribution is 2.41. The summed E-state index contributed by atoms with van der Waals surface area (Å²) in [5.41, 5.74) is 2.77. The van der Waals surface area contributed by atoms with Gasteiger partial charge in [0.15, 0.2) is 0 Å². The molecule has 0 radical (unpaired) electrons. The first kappa shape index (κ1) is 14.3. The molecule has 3 aromatic rings. The molecule has 3 aromatic heterocycles. The predicted molar refractivity (Wildman–Crippen MR) is 87.4 cm³/mol. The summed E-state index contributed by atoms with van der Waals surface area (Å²) in [5, 5.41) is 13.2. The zero-order valence-corrected chi connectivity index (χ0v) is 13.6. The summed E-state index contributed by atoms with van der Waals surface area (Å²) in [6, 6.07) is 3.99. The number of aryl methyl sites for hydroxylation is 1. The molecule has 118 valence electrons. The molecule has 0 aliphatic heterocycles. The van der Waals surface area contributed by atoms with E-state index in [-0.39, 0.29) is 12.3 Å². The first-order valence-electron chi connectivity index (χ1n) is 7.71. The number of nitrogens with zero attached hydrogens (tertiary/aromatic N) is 4. The Morgan fingerprint density at radius 1 is 1.43 bits per heavy atom. The van der Waals surface area contributed by atoms with Crippen LogP contribution in [0.15, 0.2) is 24.5 Å². The van der Waals surface area contributed by atoms with Crippen LogP contribution >= 0.6 is 11.3 Å². The number of fused-ring (bicyclic) bond motifs is 1. The lowest BCUT2D eigenvalue weighted by Gasteiger charge is -2.00. The molecule has 1 fully saturated rings. The SMILES string of the molecule is Cc1cccn2cc(CC(=O)NCc3nnc(C4CC4)s3)nc12. The number of hydrogen-bond acceptors (Lipinski definition) is 5. The van der Waals surface area contributed by atoms with E-state index in [1.807, 2.05) is 35.9 Å². The van der Waals surface area contributed by atoms with Crippen molar-refractivity contribution >= 4 is 22.9 Å². The molecule has 1 saturated carbocycles. The second-order valence-electron chi connectivity index (χ2n) is 5.92. The number of carbonyl (C=O) groups is 1. The Hall–Kier alpha value is -2.28. The number of pyridine rings is 1. The lowest BCUT2D eigenvalue weighted by Crippen LogP contribution is -2.24. The number of rotatable bonds is 5. The Morgan fingerprint density at radius 2 is 2.30 bits per heavy atom. The average Bonchev–Trinajstić information content (AvgIpc) is 3.12. The van der Waals surface area contributed by atoms with Gasteiger partial charge in [-0.25, -0.2) is 4.98 Å². The maximum Gasteiger partial charge on any atom is 0.226 e. The van der Waals surface area contributed by atoms with Gasteiger partial charge in [-0.3, -0.25) is 4.79 Å². The van der Waals surface area contributed by atoms with Crippen molar-refractivity contribution in [1.29, 1.82) is 0 Å². The molecule has 3 heterocycles. The average molecular weight is 327 g/mol. The molecule has 4 rings (SSSR count). The van der Waals surface area contributed by atoms with Gasteiger partial charge in [0.25, 0.3) is 0 Å². The second kappa shape index (κ2) is 5.73. The number of carbonyl (C=O) groups excluding carboxylic acids is 1. The molecule has 0 aromatic carbocycles. The van der Waals surface area contributed by atoms with Crippen LogP contribution in [0.3, 0.4) is 0 Å². The molecule has 0 spiro atoms. The quantitative estimate of drug-likeness (QED) is 0.780. The third-order valence-electron chi connectivity index (χ3n) is 3.92. The van der Waals surface area contributed by atoms with Crippen molar-refractivity contribution < 1.29 is 4.79 Å². The normalized spacial score (nSPS) is 14.3. The van der Waals surface area contributed by atoms with Crippen LogP contribution in [-0.2, 0) is 17.8 Å². The van der Waals surface area contributed by atoms with Crippen molar-refractivity contribution in [2.75, 3.05) is 0 Å². The van der Waals surface area contributed by atoms with Gasteiger partial charge in [-0.15, -0.1) is 10.2 Å². The molecule has 0 saturated heterocycles. The maximum absolute atomic E-state index is 12.1. The molecule has 0 atom stereocenters. The first-order chi connectivity index (χ1) is 11.2. The molecule has 23 heavy (non-hydrogen) atoms. The Balaban J connectivity index is 1.37. The Morgan fingerprint density at radius 3 is 3.09 bits per heavy atom. The third kappa shape index (κ3) is 3.10. The number of aromatic nitrogens is 4. The van der Waals surface area contributed by atoms with E-state index in [0.29, 0.717) is 12.5 Å². The Bertz CT molecular complexity index is 864. The molecular weight excluding hydrogens is 310 g/mol. The van der Waals surface area contributed by atoms with Gasteiger partial charge in [0.1, 0.15) is 15.7 Å². The summed E-state index contributed by atoms with van der Waals surface area (Å²) in [4.78, 5) is 16.6. The summed E-state index contributed by atoms with van der Waals surface area (Å²) < 4.78 is 1.95. The van der Waals surface area contributed by atoms with Crippen molar-refractivity contribution in [3.8, 4) is 0 Å². The fourth-order valence-electron chi connectivity index (χ4n) is 2.52. The van der Waals surface area contributed by atoms with Gasteiger partial charge < -0.3 is 9.72 Å². The van der Waals surface area contributed by atoms with Gasteiger partial charge >= 0.3 is 0 Å². The fraction of sp³-hybridized carbons (Fsp3) is 0.375. The molecule has 7 heteroatoms. The molecule has 0 unspecified atom stereocenters. The zero-order chi connectivity index (χ0) is 15.8. The number of nitrogens with one attached hydrogen (secondary N) is 1. The van der Waals surface area contributed by atoms with E-state index in [9.17, 15) is 4.79 Å². The lowest BCUT2D eigenvalue weighted by atomic mass is 10.3. The van der Waals surface area contributed by atoms with E-state index in [4.69, 9.17) is 0 Å². The minimum Gasteiger partial charge on any atom is -0.349 e. The third-order valence-corrected chi connectivity index (χ3v) is 5.00. The van der Waals surface area contributed by atoms with Crippen LogP contribution in [0, 0.1) is 6.92 Å². The minimum absolute atomic E-state index is 0.0470. The van der Waals surface area contributed by atoms with Crippen LogP contribution in [0.2, 0.25) is 0 Å². The molecule has 1 aliphatic carbocycles. The lowest BCUT2D eigenvalue weighted by molar-refractivity contribution is -0.120. The second-order valence-corrected chi connectivity index (χ2v) is 7.01. The summed E-state index contributed by atoms with van der Waals surface area (Å²) in [7, 11) is 0. The Labute approximate surface area is 137 Å². The van der Waals surface area contributed by atoms with Gasteiger partial charge in [0.05, 0.1) is 18.7 Å². The van der Waals surface area contributed by atoms with Gasteiger partial charge in [-0.1, -0.05) is 17.4 Å². The first-order valence-corrected chi connectivity index (χ1v) is 8.53. The van der Waals surface area contributed by atoms with Crippen LogP contribution < -0.4 is 5.32 Å². The molecule has 1 N–H and O–H groups in total. The molecular formula is C16H17N5OS. The summed E-state index contributed by atoms with van der Waals surface area (Å²) >= 11 is 1.60. The van der Waals surface area contributed by atoms with Crippen molar-refractivity contribution in [1.82, 2.24) is 24.9 Å². The number of imidazole rings is 1. The highest BCUT2D eigenvalue weighted by atomic mass is 32.1. The van der Waals surface area contributed by atoms with E-state index in [1.54, 1.807) is 11.3 Å². The van der Waals surface area contributed by atoms with Crippen LogP contribution in [0.4, 0.5) is 0 Å². The molecule has 1 aliphatic rings. The number of hydrogen-bond donors (Lipinski definition) is 1. The minimum atomic E-state index is -0.0470. The van der Waals surface area contributed by atoms with Gasteiger partial charge in [-0.2, -0.15) is 0 Å². The molecule has 6 nitrogen and oxygen atoms in total. The summed E-state index contributed by atoms with van der Waals surface area (Å²) in [6.07, 6.45) is 6.55. The van der Waals surface area contributed by atoms with E-state index >= 15 is 0 Å². The van der Waals surface area contributed by atoms with Crippen LogP contribution in [0.1, 0.15) is 40.0 Å². The predicted octanol–water partition coefficient (Wildman–Crippen LogP) is 2.23. The molecule has 0 bridgehead atoms. The van der Waals surface area contributed by atoms with E-state index in [2.05, 4.69) is 20.5 Å². The van der Waals surface area contributed by atoms with Crippen molar-refractivity contribution in [3.63, 3.8) is 0 Å². The van der Waals surface area contributed by atoms with Crippen LogP contribution in [0.5, 0.6) is 0 Å². The highest BCUT2D eigenvalue weighted by molar-refractivity contribution is 7.11. The van der Waals surface area contributed by atoms with Crippen molar-refractivity contribution in [3.05, 3.63) is 45.8 Å². The fourth-order valence-corrected chi connectivity index (χ4v) is 3.48. The van der Waals surface area contributed by atoms with E-state index < -0.39 is 0 Å². The largest absolute Gasteiger partial charge is 0.349 e. The van der Waals surface area contributed by atoms with E-state index in [0.717, 1.165) is 26.9 Å². The number of amides is 1. The standard InChI is InChI=1S/C16H17N5OS/c1-10-3-2-6-21-9-12(18-15(10)21)7-13(22)17-8-14-19-20-16(23-14)11-4-5-11/h2-3,6,9,11H,4-5,7-8H2,1H3,(H,17,22). The van der Waals surface area contributed by atoms with Crippen molar-refractivity contribution in [2.24, 2.45) is 0 Å². The molecule has 1 amide bonds. The summed E-state index contributed by atoms with van der Waals surface area (Å²) in [5.74, 6) is 0.562. The Kier molecular flexibility index (Phi) is 3.57. The summed E-state index contributed by atoms with van der Waals surface area (Å²) in [6.45, 7) is 2.45. The monoisotopic (exact) mass is 327 g/mol. The van der Waals surface area contributed by atoms with Crippen molar-refractivity contribution in [2.45, 2.75) is 38.6 Å². The van der Waals surface area contributed by atoms with Crippen LogP contribution in [0.25, 0.3) is 5.65 Å². The maximum atomic E-state index is 12.1.